The van der Waals surface area contributed by atoms with Crippen LogP contribution in [-0.4, -0.2) is 20.4 Å². The number of nitrogens with zero attached hydrogens (tertiary/aromatic N) is 12. The molecular weight excluding hydrogens is 1730 g/mol. The van der Waals surface area contributed by atoms with Gasteiger partial charge in [0.25, 0.3) is 0 Å². The van der Waals surface area contributed by atoms with Crippen molar-refractivity contribution in [3.8, 4) is 24.3 Å². The fourth-order valence-corrected chi connectivity index (χ4v) is 15.9. The first-order valence-corrected chi connectivity index (χ1v) is 45.1. The van der Waals surface area contributed by atoms with Crippen LogP contribution in [0.25, 0.3) is 89.5 Å². The molecule has 18 aromatic carbocycles. The zero-order valence-corrected chi connectivity index (χ0v) is 76.8. The molecule has 18 aromatic rings. The second kappa shape index (κ2) is 47.3. The van der Waals surface area contributed by atoms with Gasteiger partial charge in [0.05, 0.1) is 111 Å². The lowest BCUT2D eigenvalue weighted by Gasteiger charge is -2.27. The average Bonchev–Trinajstić information content (AvgIpc) is 0.790. The van der Waals surface area contributed by atoms with Gasteiger partial charge in [-0.3, -0.25) is 0 Å². The second-order valence-electron chi connectivity index (χ2n) is 32.5. The van der Waals surface area contributed by atoms with E-state index in [2.05, 4.69) is 216 Å². The predicted octanol–water partition coefficient (Wildman–Crippen LogP) is 31.6. The van der Waals surface area contributed by atoms with Gasteiger partial charge in [-0.15, -0.1) is 0 Å². The van der Waals surface area contributed by atoms with Crippen LogP contribution in [0.15, 0.2) is 406 Å². The highest BCUT2D eigenvalue weighted by atomic mass is 16.3. The van der Waals surface area contributed by atoms with E-state index in [0.29, 0.717) is 50.6 Å². The number of aliphatic hydroxyl groups is 4. The maximum Gasteiger partial charge on any atom is 0.194 e. The number of hydrogen-bond acceptors (Lipinski definition) is 12. The molecule has 0 amide bonds. The maximum absolute atomic E-state index is 9.52. The van der Waals surface area contributed by atoms with Gasteiger partial charge in [0.1, 0.15) is 0 Å². The molecular formula is C125H90N12O4. The van der Waals surface area contributed by atoms with E-state index < -0.39 is 0 Å². The molecule has 4 N–H and O–H groups in total. The lowest BCUT2D eigenvalue weighted by Crippen LogP contribution is -2.10. The normalized spacial score (nSPS) is 10.7. The quantitative estimate of drug-likeness (QED) is 0.0329. The van der Waals surface area contributed by atoms with E-state index in [-0.39, 0.29) is 26.4 Å². The number of anilines is 12. The molecule has 0 saturated heterocycles. The molecule has 0 spiro atoms. The van der Waals surface area contributed by atoms with E-state index in [1.54, 1.807) is 72.8 Å². The van der Waals surface area contributed by atoms with Crippen molar-refractivity contribution in [2.24, 2.45) is 0 Å². The third-order valence-corrected chi connectivity index (χ3v) is 23.4. The van der Waals surface area contributed by atoms with Crippen LogP contribution < -0.4 is 19.6 Å². The van der Waals surface area contributed by atoms with Gasteiger partial charge in [0.2, 0.25) is 0 Å². The van der Waals surface area contributed by atoms with Crippen LogP contribution >= 0.6 is 0 Å². The SMILES string of the molecule is [C-]#[N+]c1ccc(C#N)cc1C=Cc1ccc(N(c2ccc(C)cc2)c2cccc3ccccc23)cc1.[C-]#[N+]c1ccc(C#N)cc1C=Cc1ccc(N(c2ccc(CO)cc2)c2ccc(CO)cc2)cc1.[C-]#[N+]c1ccc(C#N)cc1C=Cc1ccc(N(c2ccc(CO)cc2)c2cccc3ccccc23)cc1.[C-]#[N+]c1ccc(C#N)cc1C=Cc1ccc(N(c2ccccc2)c2ccc(CO)cc2)cc1. The molecule has 0 unspecified atom stereocenters. The molecule has 0 heterocycles. The molecule has 0 bridgehead atoms. The van der Waals surface area contributed by atoms with Crippen LogP contribution in [0.4, 0.5) is 91.0 Å². The Balaban J connectivity index is 0.000000142. The first kappa shape index (κ1) is 96.0. The van der Waals surface area contributed by atoms with Gasteiger partial charge >= 0.3 is 0 Å². The summed E-state index contributed by atoms with van der Waals surface area (Å²) in [6.07, 6.45) is 15.3. The first-order chi connectivity index (χ1) is 69.2. The van der Waals surface area contributed by atoms with Crippen LogP contribution in [0, 0.1) is 78.5 Å². The van der Waals surface area contributed by atoms with Crippen molar-refractivity contribution in [2.45, 2.75) is 33.4 Å². The summed E-state index contributed by atoms with van der Waals surface area (Å²) in [7, 11) is 0. The van der Waals surface area contributed by atoms with Crippen molar-refractivity contribution in [1.82, 2.24) is 0 Å². The highest BCUT2D eigenvalue weighted by Crippen LogP contribution is 2.44. The summed E-state index contributed by atoms with van der Waals surface area (Å²) in [5.41, 5.74) is 27.8. The van der Waals surface area contributed by atoms with Crippen LogP contribution in [0.1, 0.15) is 94.6 Å². The van der Waals surface area contributed by atoms with Crippen molar-refractivity contribution in [3.63, 3.8) is 0 Å². The summed E-state index contributed by atoms with van der Waals surface area (Å²) in [6.45, 7) is 31.6. The molecule has 674 valence electrons. The summed E-state index contributed by atoms with van der Waals surface area (Å²) < 4.78 is 0. The summed E-state index contributed by atoms with van der Waals surface area (Å²) in [5.74, 6) is 0. The van der Waals surface area contributed by atoms with Crippen molar-refractivity contribution >= 4 is 161 Å². The molecule has 0 aliphatic rings. The van der Waals surface area contributed by atoms with E-state index in [4.69, 9.17) is 36.8 Å². The number of rotatable bonds is 24. The Kier molecular flexibility index (Phi) is 32.2. The van der Waals surface area contributed by atoms with Crippen LogP contribution in [0.5, 0.6) is 0 Å². The van der Waals surface area contributed by atoms with Gasteiger partial charge in [-0.2, -0.15) is 21.0 Å². The molecule has 16 heteroatoms. The smallest absolute Gasteiger partial charge is 0.194 e. The van der Waals surface area contributed by atoms with Gasteiger partial charge in [-0.05, 0) is 242 Å². The van der Waals surface area contributed by atoms with E-state index in [1.807, 2.05) is 237 Å². The first-order valence-electron chi connectivity index (χ1n) is 45.1. The number of benzene rings is 18. The number of nitriles is 4. The molecule has 16 nitrogen and oxygen atoms in total. The molecule has 0 fully saturated rings. The number of para-hydroxylation sites is 1. The Morgan fingerprint density at radius 2 is 0.454 bits per heavy atom. The highest BCUT2D eigenvalue weighted by Gasteiger charge is 2.21. The largest absolute Gasteiger partial charge is 0.392 e. The Morgan fingerprint density at radius 3 is 0.702 bits per heavy atom. The monoisotopic (exact) mass is 1820 g/mol. The number of aryl methyl sites for hydroxylation is 1. The molecule has 0 aliphatic carbocycles. The summed E-state index contributed by atoms with van der Waals surface area (Å²) in [5, 5.41) is 79.1. The van der Waals surface area contributed by atoms with E-state index >= 15 is 0 Å². The third kappa shape index (κ3) is 24.1. The van der Waals surface area contributed by atoms with Gasteiger partial charge < -0.3 is 40.0 Å². The Hall–Kier alpha value is -19.6. The Morgan fingerprint density at radius 1 is 0.234 bits per heavy atom. The standard InChI is InChI=1S/C33H23N3O.C33H23N3.C30H23N3O2.C29H21N3O/c1-35-32-20-14-26(22-34)21-28(32)15-9-24-10-16-29(17-11-24)36(30-18-12-25(23-37)13-19-30)33-8-4-6-27-5-2-3-7-31(27)33;1-24-10-17-29(18-11-24)36(33-9-5-7-27-6-3-4-8-31(27)33)30-19-13-25(14-20-30)12-16-28-22-26(23-34)15-21-32(28)35-2;1-32-30-17-9-25(19-31)18-26(30)10-2-22-3-11-27(12-4-22)33(28-13-5-23(20-34)6-14-28)29-15-7-24(21-35)8-16-29;1-31-29-18-12-24(20-30)19-25(29)13-7-22-8-14-27(15-9-22)32(26-5-3-2-4-6-26)28-16-10-23(21-33)11-17-28/h2-21,37H,23H2;3-22H,1H3;2-18,34-35H,20-21H2;2-19,33H,21H2. The van der Waals surface area contributed by atoms with E-state index in [1.165, 1.54) is 16.3 Å². The third-order valence-electron chi connectivity index (χ3n) is 23.4. The van der Waals surface area contributed by atoms with Gasteiger partial charge in [0.15, 0.2) is 22.7 Å². The van der Waals surface area contributed by atoms with Crippen molar-refractivity contribution < 1.29 is 20.4 Å². The maximum atomic E-state index is 9.52. The number of aliphatic hydroxyl groups excluding tert-OH is 4. The van der Waals surface area contributed by atoms with Crippen LogP contribution in [0.3, 0.4) is 0 Å². The minimum Gasteiger partial charge on any atom is -0.392 e. The van der Waals surface area contributed by atoms with Crippen molar-refractivity contribution in [2.75, 3.05) is 19.6 Å². The lowest BCUT2D eigenvalue weighted by molar-refractivity contribution is 0.281. The number of fused-ring (bicyclic) bond motifs is 2. The molecule has 0 aliphatic heterocycles. The topological polar surface area (TPSA) is 206 Å². The summed E-state index contributed by atoms with van der Waals surface area (Å²) in [6, 6.07) is 141. The molecule has 18 rings (SSSR count). The fraction of sp³-hybridized carbons (Fsp3) is 0.0400. The van der Waals surface area contributed by atoms with Crippen molar-refractivity contribution in [1.29, 1.82) is 21.0 Å². The zero-order chi connectivity index (χ0) is 98.2. The molecule has 141 heavy (non-hydrogen) atoms. The molecule has 0 aromatic heterocycles. The van der Waals surface area contributed by atoms with E-state index in [0.717, 1.165) is 140 Å². The minimum atomic E-state index is -0.0149. The minimum absolute atomic E-state index is 0.00205. The molecule has 0 atom stereocenters. The lowest BCUT2D eigenvalue weighted by atomic mass is 10.0. The second-order valence-corrected chi connectivity index (χ2v) is 32.5. The fourth-order valence-electron chi connectivity index (χ4n) is 15.9. The van der Waals surface area contributed by atoms with Crippen LogP contribution in [-0.2, 0) is 26.4 Å². The summed E-state index contributed by atoms with van der Waals surface area (Å²) >= 11 is 0. The van der Waals surface area contributed by atoms with Crippen LogP contribution in [0.2, 0.25) is 0 Å². The molecule has 0 radical (unpaired) electrons. The summed E-state index contributed by atoms with van der Waals surface area (Å²) in [4.78, 5) is 23.0. The van der Waals surface area contributed by atoms with Gasteiger partial charge in [-0.25, -0.2) is 19.4 Å². The number of hydrogen-bond donors (Lipinski definition) is 4. The molecule has 0 saturated carbocycles. The van der Waals surface area contributed by atoms with E-state index in [9.17, 15) is 30.9 Å². The van der Waals surface area contributed by atoms with Crippen molar-refractivity contribution in [3.05, 3.63) is 547 Å². The van der Waals surface area contributed by atoms with Gasteiger partial charge in [0, 0.05) is 67.6 Å². The van der Waals surface area contributed by atoms with Gasteiger partial charge in [-0.1, -0.05) is 303 Å². The Labute approximate surface area is 821 Å². The predicted molar refractivity (Wildman–Crippen MR) is 573 cm³/mol. The Bertz CT molecular complexity index is 7910. The zero-order valence-electron chi connectivity index (χ0n) is 76.8. The highest BCUT2D eigenvalue weighted by molar-refractivity contribution is 6.01. The average molecular weight is 1820 g/mol.